The second kappa shape index (κ2) is 8.36. The van der Waals surface area contributed by atoms with Gasteiger partial charge in [-0.25, -0.2) is 9.37 Å². The molecule has 1 aromatic heterocycles. The second-order valence-electron chi connectivity index (χ2n) is 7.08. The Morgan fingerprint density at radius 3 is 2.73 bits per heavy atom. The Bertz CT molecular complexity index is 1070. The lowest BCUT2D eigenvalue weighted by atomic mass is 10.00. The van der Waals surface area contributed by atoms with Gasteiger partial charge in [-0.3, -0.25) is 10.1 Å². The molecule has 4 rings (SSSR count). The minimum atomic E-state index is -0.774. The summed E-state index contributed by atoms with van der Waals surface area (Å²) in [4.78, 5) is 17.4. The zero-order valence-corrected chi connectivity index (χ0v) is 16.5. The van der Waals surface area contributed by atoms with Gasteiger partial charge in [-0.2, -0.15) is 0 Å². The van der Waals surface area contributed by atoms with Gasteiger partial charge in [-0.1, -0.05) is 30.3 Å². The Morgan fingerprint density at radius 1 is 1.23 bits per heavy atom. The summed E-state index contributed by atoms with van der Waals surface area (Å²) in [5.41, 5.74) is 3.40. The maximum atomic E-state index is 13.8. The SMILES string of the molecule is COc1cc(NCc2ccc(N3CCc4ccccc4C3)nc2)c([N+](=O)[O-])cc1F. The number of hydrogen-bond donors (Lipinski definition) is 1. The highest BCUT2D eigenvalue weighted by Gasteiger charge is 2.19. The predicted octanol–water partition coefficient (Wildman–Crippen LogP) is 4.31. The van der Waals surface area contributed by atoms with Crippen molar-refractivity contribution in [2.24, 2.45) is 0 Å². The number of rotatable bonds is 6. The molecule has 30 heavy (non-hydrogen) atoms. The van der Waals surface area contributed by atoms with Crippen LogP contribution in [0.1, 0.15) is 16.7 Å². The van der Waals surface area contributed by atoms with Crippen molar-refractivity contribution < 1.29 is 14.1 Å². The number of nitro benzene ring substituents is 1. The molecule has 0 bridgehead atoms. The standard InChI is InChI=1S/C22H21FN4O3/c1-30-21-11-19(20(27(28)29)10-18(21)23)24-12-15-6-7-22(25-13-15)26-9-8-16-4-2-3-5-17(16)14-26/h2-7,10-11,13,24H,8-9,12,14H2,1H3. The minimum Gasteiger partial charge on any atom is -0.494 e. The van der Waals surface area contributed by atoms with Crippen LogP contribution < -0.4 is 15.0 Å². The van der Waals surface area contributed by atoms with Crippen LogP contribution in [0.5, 0.6) is 5.75 Å². The highest BCUT2D eigenvalue weighted by Crippen LogP contribution is 2.32. The molecule has 3 aromatic rings. The molecule has 0 atom stereocenters. The number of fused-ring (bicyclic) bond motifs is 1. The number of nitro groups is 1. The highest BCUT2D eigenvalue weighted by atomic mass is 19.1. The highest BCUT2D eigenvalue weighted by molar-refractivity contribution is 5.64. The van der Waals surface area contributed by atoms with Crippen molar-refractivity contribution in [3.8, 4) is 5.75 Å². The molecule has 0 saturated carbocycles. The van der Waals surface area contributed by atoms with Gasteiger partial charge in [0.25, 0.3) is 5.69 Å². The molecule has 2 aromatic carbocycles. The summed E-state index contributed by atoms with van der Waals surface area (Å²) >= 11 is 0. The van der Waals surface area contributed by atoms with Crippen molar-refractivity contribution >= 4 is 17.2 Å². The van der Waals surface area contributed by atoms with Crippen molar-refractivity contribution in [3.63, 3.8) is 0 Å². The number of nitrogens with one attached hydrogen (secondary N) is 1. The molecule has 1 N–H and O–H groups in total. The van der Waals surface area contributed by atoms with Crippen molar-refractivity contribution in [3.05, 3.63) is 87.3 Å². The third-order valence-corrected chi connectivity index (χ3v) is 5.21. The molecule has 0 saturated heterocycles. The smallest absolute Gasteiger partial charge is 0.295 e. The first-order chi connectivity index (χ1) is 14.5. The van der Waals surface area contributed by atoms with Crippen molar-refractivity contribution in [1.82, 2.24) is 4.98 Å². The van der Waals surface area contributed by atoms with E-state index in [1.54, 1.807) is 6.20 Å². The number of hydrogen-bond acceptors (Lipinski definition) is 6. The third kappa shape index (κ3) is 4.03. The molecule has 0 radical (unpaired) electrons. The van der Waals surface area contributed by atoms with Gasteiger partial charge in [0.05, 0.1) is 18.1 Å². The molecule has 1 aliphatic heterocycles. The van der Waals surface area contributed by atoms with E-state index in [1.165, 1.54) is 24.3 Å². The van der Waals surface area contributed by atoms with Crippen molar-refractivity contribution in [2.75, 3.05) is 23.9 Å². The monoisotopic (exact) mass is 408 g/mol. The molecule has 0 fully saturated rings. The number of halogens is 1. The third-order valence-electron chi connectivity index (χ3n) is 5.21. The first kappa shape index (κ1) is 19.6. The fourth-order valence-electron chi connectivity index (χ4n) is 3.59. The summed E-state index contributed by atoms with van der Waals surface area (Å²) in [6.07, 6.45) is 2.73. The van der Waals surface area contributed by atoms with Gasteiger partial charge in [0.2, 0.25) is 0 Å². The maximum Gasteiger partial charge on any atom is 0.295 e. The minimum absolute atomic E-state index is 0.0537. The molecule has 154 valence electrons. The first-order valence-electron chi connectivity index (χ1n) is 9.57. The normalized spacial score (nSPS) is 12.9. The molecule has 8 heteroatoms. The Kier molecular flexibility index (Phi) is 5.47. The Labute approximate surface area is 173 Å². The number of benzene rings is 2. The van der Waals surface area contributed by atoms with Gasteiger partial charge >= 0.3 is 0 Å². The molecule has 0 aliphatic carbocycles. The van der Waals surface area contributed by atoms with Crippen LogP contribution in [0.15, 0.2) is 54.7 Å². The van der Waals surface area contributed by atoms with E-state index in [2.05, 4.69) is 33.4 Å². The fraction of sp³-hybridized carbons (Fsp3) is 0.227. The quantitative estimate of drug-likeness (QED) is 0.484. The lowest BCUT2D eigenvalue weighted by Crippen LogP contribution is -2.30. The lowest BCUT2D eigenvalue weighted by Gasteiger charge is -2.29. The summed E-state index contributed by atoms with van der Waals surface area (Å²) < 4.78 is 18.7. The Balaban J connectivity index is 1.45. The molecule has 0 spiro atoms. The van der Waals surface area contributed by atoms with Crippen LogP contribution >= 0.6 is 0 Å². The largest absolute Gasteiger partial charge is 0.494 e. The number of pyridine rings is 1. The van der Waals surface area contributed by atoms with Crippen LogP contribution in [0.3, 0.4) is 0 Å². The molecule has 7 nitrogen and oxygen atoms in total. The zero-order valence-electron chi connectivity index (χ0n) is 16.5. The molecular weight excluding hydrogens is 387 g/mol. The molecule has 0 amide bonds. The maximum absolute atomic E-state index is 13.8. The van der Waals surface area contributed by atoms with Crippen LogP contribution in [-0.4, -0.2) is 23.6 Å². The average Bonchev–Trinajstić information content (AvgIpc) is 2.78. The lowest BCUT2D eigenvalue weighted by molar-refractivity contribution is -0.384. The van der Waals surface area contributed by atoms with E-state index in [0.717, 1.165) is 37.0 Å². The Morgan fingerprint density at radius 2 is 2.03 bits per heavy atom. The van der Waals surface area contributed by atoms with Crippen LogP contribution in [-0.2, 0) is 19.5 Å². The number of nitrogens with zero attached hydrogens (tertiary/aromatic N) is 3. The summed E-state index contributed by atoms with van der Waals surface area (Å²) in [7, 11) is 1.32. The van der Waals surface area contributed by atoms with Crippen molar-refractivity contribution in [2.45, 2.75) is 19.5 Å². The predicted molar refractivity (Wildman–Crippen MR) is 112 cm³/mol. The zero-order chi connectivity index (χ0) is 21.1. The van der Waals surface area contributed by atoms with E-state index in [0.29, 0.717) is 6.54 Å². The molecule has 1 aliphatic rings. The first-order valence-corrected chi connectivity index (χ1v) is 9.57. The van der Waals surface area contributed by atoms with Gasteiger partial charge in [-0.05, 0) is 29.2 Å². The molecule has 0 unspecified atom stereocenters. The van der Waals surface area contributed by atoms with Crippen LogP contribution in [0, 0.1) is 15.9 Å². The topological polar surface area (TPSA) is 80.5 Å². The molecular formula is C22H21FN4O3. The van der Waals surface area contributed by atoms with Crippen LogP contribution in [0.2, 0.25) is 0 Å². The van der Waals surface area contributed by atoms with E-state index in [-0.39, 0.29) is 17.1 Å². The van der Waals surface area contributed by atoms with Crippen LogP contribution in [0.4, 0.5) is 21.6 Å². The van der Waals surface area contributed by atoms with E-state index < -0.39 is 10.7 Å². The summed E-state index contributed by atoms with van der Waals surface area (Å²) in [6, 6.07) is 14.5. The summed E-state index contributed by atoms with van der Waals surface area (Å²) in [5, 5.41) is 14.2. The molecule has 2 heterocycles. The van der Waals surface area contributed by atoms with Gasteiger partial charge in [0.15, 0.2) is 11.6 Å². The van der Waals surface area contributed by atoms with E-state index in [9.17, 15) is 14.5 Å². The van der Waals surface area contributed by atoms with Gasteiger partial charge < -0.3 is 15.0 Å². The second-order valence-corrected chi connectivity index (χ2v) is 7.08. The van der Waals surface area contributed by atoms with E-state index in [1.807, 2.05) is 18.2 Å². The number of methoxy groups -OCH3 is 1. The van der Waals surface area contributed by atoms with E-state index >= 15 is 0 Å². The number of aromatic nitrogens is 1. The van der Waals surface area contributed by atoms with Crippen LogP contribution in [0.25, 0.3) is 0 Å². The van der Waals surface area contributed by atoms with Gasteiger partial charge in [-0.15, -0.1) is 0 Å². The summed E-state index contributed by atoms with van der Waals surface area (Å²) in [6.45, 7) is 2.04. The van der Waals surface area contributed by atoms with Gasteiger partial charge in [0.1, 0.15) is 11.5 Å². The van der Waals surface area contributed by atoms with Crippen molar-refractivity contribution in [1.29, 1.82) is 0 Å². The van der Waals surface area contributed by atoms with Gasteiger partial charge in [0, 0.05) is 31.9 Å². The average molecular weight is 408 g/mol. The fourth-order valence-corrected chi connectivity index (χ4v) is 3.59. The number of anilines is 2. The number of ether oxygens (including phenoxy) is 1. The Hall–Kier alpha value is -3.68. The van der Waals surface area contributed by atoms with E-state index in [4.69, 9.17) is 4.74 Å². The summed E-state index contributed by atoms with van der Waals surface area (Å²) in [5.74, 6) is 0.0634.